The number of phenols is 1. The summed E-state index contributed by atoms with van der Waals surface area (Å²) in [5, 5.41) is 24.3. The Labute approximate surface area is 857 Å². The average Bonchev–Trinajstić information content (AvgIpc) is 0.933. The fraction of sp³-hybridized carbons (Fsp3) is 0.457. The minimum absolute atomic E-state index is 0.0263. The highest BCUT2D eigenvalue weighted by atomic mass is 28.3. The number of ether oxygens (including phenoxy) is 3. The summed E-state index contributed by atoms with van der Waals surface area (Å²) in [5.74, 6) is 3.11. The molecule has 0 saturated heterocycles. The Hall–Kier alpha value is -8.63. The van der Waals surface area contributed by atoms with Crippen LogP contribution in [0.1, 0.15) is 176 Å². The monoisotopic (exact) mass is 2010 g/mol. The lowest BCUT2D eigenvalue weighted by atomic mass is 9.70. The van der Waals surface area contributed by atoms with Crippen molar-refractivity contribution in [2.75, 3.05) is 19.8 Å². The van der Waals surface area contributed by atoms with E-state index in [0.717, 1.165) is 55.8 Å². The Morgan fingerprint density at radius 3 is 0.464 bits per heavy atom. The quantitative estimate of drug-likeness (QED) is 0.0272. The summed E-state index contributed by atoms with van der Waals surface area (Å²) in [6.45, 7) is 47.9. The molecule has 0 atom stereocenters. The molecule has 0 aromatic heterocycles. The second-order valence-electron chi connectivity index (χ2n) is 48.5. The van der Waals surface area contributed by atoms with Gasteiger partial charge in [0.1, 0.15) is 23.0 Å². The molecule has 4 aromatic carbocycles. The van der Waals surface area contributed by atoms with Gasteiger partial charge in [0.05, 0.1) is 92.5 Å². The Bertz CT molecular complexity index is 5020. The third kappa shape index (κ3) is 29.6. The van der Waals surface area contributed by atoms with E-state index in [1.165, 1.54) is 239 Å². The molecule has 0 bridgehead atoms. The highest BCUT2D eigenvalue weighted by Crippen LogP contribution is 2.50. The van der Waals surface area contributed by atoms with Gasteiger partial charge in [0.15, 0.2) is 0 Å². The standard InChI is InChI=1S/C127H170O4Si9/c1-132(2,115-49-19-20-50-115)98-40-86-125(87-41-99-133(3,4)116-51-21-22-52-116,88-42-100-134(5,6)117-53-23-24-54-117)108-69-77-112(78-70-108)129-95-37-83-124(107-67-75-111(128)76-68-107,84-38-96-130-113-79-71-109(72-80-113)126(89-43-101-135(7,8)118-55-25-26-56-118,90-44-102-136(9,10)119-57-27-28-58-119)91-45-103-137(11,12)120-59-29-30-60-120)85-39-97-131-114-81-73-110(74-82-114)127(92-46-104-138(13,14)121-61-31-32-62-121,93-47-105-139(15,16)122-63-33-34-64-122)94-48-106-140(17,18)123-65-35-36-66-123/h19-36,49,51,53,55,57,59,61,63,65,67-82,128H,37-48,83-106H2,1-18H3. The molecule has 4 aromatic rings. The van der Waals surface area contributed by atoms with Crippen molar-refractivity contribution in [2.24, 2.45) is 0 Å². The third-order valence-corrected chi connectivity index (χ3v) is 64.5. The molecule has 140 heavy (non-hydrogen) atoms. The van der Waals surface area contributed by atoms with E-state index in [0.29, 0.717) is 19.8 Å². The molecule has 9 aliphatic carbocycles. The van der Waals surface area contributed by atoms with Crippen molar-refractivity contribution in [1.29, 1.82) is 0 Å². The van der Waals surface area contributed by atoms with E-state index in [1.54, 1.807) is 0 Å². The van der Waals surface area contributed by atoms with Crippen LogP contribution in [0.15, 0.2) is 359 Å². The molecular formula is C127H170O4Si9. The Morgan fingerprint density at radius 1 is 0.193 bits per heavy atom. The lowest BCUT2D eigenvalue weighted by Crippen LogP contribution is -2.33. The van der Waals surface area contributed by atoms with E-state index in [1.807, 2.05) is 12.1 Å². The molecule has 0 heterocycles. The molecule has 9 aliphatic rings. The van der Waals surface area contributed by atoms with Crippen LogP contribution in [0.4, 0.5) is 0 Å². The number of benzene rings is 4. The molecule has 0 radical (unpaired) electrons. The van der Waals surface area contributed by atoms with E-state index in [2.05, 4.69) is 418 Å². The number of aromatic hydroxyl groups is 1. The van der Waals surface area contributed by atoms with E-state index < -0.39 is 72.7 Å². The maximum Gasteiger partial charge on any atom is 0.119 e. The van der Waals surface area contributed by atoms with Crippen LogP contribution in [0.3, 0.4) is 0 Å². The minimum atomic E-state index is -1.72. The predicted molar refractivity (Wildman–Crippen MR) is 629 cm³/mol. The second kappa shape index (κ2) is 48.8. The third-order valence-electron chi connectivity index (χ3n) is 34.1. The van der Waals surface area contributed by atoms with Gasteiger partial charge in [0, 0.05) is 0 Å². The van der Waals surface area contributed by atoms with Crippen molar-refractivity contribution in [3.05, 3.63) is 382 Å². The highest BCUT2D eigenvalue weighted by molar-refractivity contribution is 6.88. The van der Waals surface area contributed by atoms with Gasteiger partial charge in [-0.3, -0.25) is 0 Å². The molecule has 0 aliphatic heterocycles. The van der Waals surface area contributed by atoms with Gasteiger partial charge in [0.25, 0.3) is 0 Å². The van der Waals surface area contributed by atoms with Crippen molar-refractivity contribution < 1.29 is 19.3 Å². The maximum atomic E-state index is 11.2. The molecule has 1 N–H and O–H groups in total. The van der Waals surface area contributed by atoms with E-state index in [4.69, 9.17) is 14.2 Å². The van der Waals surface area contributed by atoms with Crippen LogP contribution < -0.4 is 14.2 Å². The van der Waals surface area contributed by atoms with Crippen LogP contribution >= 0.6 is 0 Å². The second-order valence-corrected chi connectivity index (χ2v) is 91.7. The summed E-state index contributed by atoms with van der Waals surface area (Å²) >= 11 is 0. The van der Waals surface area contributed by atoms with Crippen LogP contribution in [0.2, 0.25) is 172 Å². The van der Waals surface area contributed by atoms with Crippen molar-refractivity contribution in [1.82, 2.24) is 0 Å². The van der Waals surface area contributed by atoms with Crippen LogP contribution in [-0.2, 0) is 21.7 Å². The normalized spacial score (nSPS) is 16.0. The van der Waals surface area contributed by atoms with Gasteiger partial charge in [-0.1, -0.05) is 388 Å². The van der Waals surface area contributed by atoms with E-state index in [9.17, 15) is 5.11 Å². The number of hydrogen-bond donors (Lipinski definition) is 1. The molecule has 0 amide bonds. The molecule has 738 valence electrons. The Balaban J connectivity index is 0.777. The van der Waals surface area contributed by atoms with Crippen LogP contribution in [0.5, 0.6) is 23.0 Å². The smallest absolute Gasteiger partial charge is 0.119 e. The van der Waals surface area contributed by atoms with Crippen LogP contribution in [-0.4, -0.2) is 97.6 Å². The average molecular weight is 2010 g/mol. The number of rotatable bonds is 64. The molecule has 13 rings (SSSR count). The molecule has 0 unspecified atom stereocenters. The fourth-order valence-electron chi connectivity index (χ4n) is 24.4. The molecule has 4 nitrogen and oxygen atoms in total. The van der Waals surface area contributed by atoms with Crippen LogP contribution in [0, 0.1) is 0 Å². The Morgan fingerprint density at radius 2 is 0.329 bits per heavy atom. The lowest BCUT2D eigenvalue weighted by Gasteiger charge is -2.38. The zero-order valence-electron chi connectivity index (χ0n) is 89.5. The van der Waals surface area contributed by atoms with Crippen molar-refractivity contribution >= 4 is 72.7 Å². The minimum Gasteiger partial charge on any atom is -0.508 e. The van der Waals surface area contributed by atoms with Gasteiger partial charge in [-0.05, 0) is 290 Å². The fourth-order valence-corrected chi connectivity index (χ4v) is 45.5. The summed E-state index contributed by atoms with van der Waals surface area (Å²) in [4.78, 5) is 0. The molecule has 0 spiro atoms. The maximum absolute atomic E-state index is 11.2. The summed E-state index contributed by atoms with van der Waals surface area (Å²) in [6.07, 6.45) is 86.6. The number of phenolic OH excluding ortho intramolecular Hbond substituents is 1. The van der Waals surface area contributed by atoms with Gasteiger partial charge < -0.3 is 19.3 Å². The summed E-state index contributed by atoms with van der Waals surface area (Å²) < 4.78 is 21.3. The van der Waals surface area contributed by atoms with Gasteiger partial charge in [0.2, 0.25) is 0 Å². The van der Waals surface area contributed by atoms with Gasteiger partial charge in [-0.25, -0.2) is 0 Å². The Kier molecular flexibility index (Phi) is 37.9. The molecule has 0 saturated carbocycles. The molecule has 0 fully saturated rings. The summed E-state index contributed by atoms with van der Waals surface area (Å²) in [5.41, 5.74) is 38.4. The van der Waals surface area contributed by atoms with Gasteiger partial charge in [-0.2, -0.15) is 0 Å². The first-order valence-electron chi connectivity index (χ1n) is 54.1. The number of allylic oxidation sites excluding steroid dienone is 27. The first kappa shape index (κ1) is 109. The molecular weight excluding hydrogens is 1840 g/mol. The van der Waals surface area contributed by atoms with E-state index in [-0.39, 0.29) is 27.4 Å². The van der Waals surface area contributed by atoms with Gasteiger partial charge >= 0.3 is 0 Å². The zero-order valence-corrected chi connectivity index (χ0v) is 98.5. The predicted octanol–water partition coefficient (Wildman–Crippen LogP) is 36.0. The van der Waals surface area contributed by atoms with E-state index >= 15 is 0 Å². The molecule has 13 heteroatoms. The SMILES string of the molecule is C[Si](C)(CCCC(CCC[Si](C)(C)C1=C=CC=C1)(CCC[Si](C)(C)C1=C=CC=C1)c1ccc(OCCCC(CCCOc2ccc(C(CCC[Si](C)(C)C3=C=CC=C3)(CCC[Si](C)(C)C3=C=CC=C3)CCC[Si](C)(C)C3=C=CC=C3)cc2)(CCCOc2ccc(C(CCC[Si](C)(C)C3=C=CC=C3)(CCC[Si](C)(C)C3=C=CC=C3)CCC[Si](C)(C)C3=C=CC=C3)cc2)c2ccc(O)cc2)cc1)C1=C=CC=C1. The van der Waals surface area contributed by atoms with Crippen molar-refractivity contribution in [2.45, 2.75) is 348 Å². The van der Waals surface area contributed by atoms with Crippen molar-refractivity contribution in [3.63, 3.8) is 0 Å². The number of hydrogen-bond acceptors (Lipinski definition) is 4. The lowest BCUT2D eigenvalue weighted by molar-refractivity contribution is 0.220. The van der Waals surface area contributed by atoms with Gasteiger partial charge in [-0.15, -0.1) is 51.6 Å². The first-order valence-corrected chi connectivity index (χ1v) is 83.0. The topological polar surface area (TPSA) is 47.9 Å². The summed E-state index contributed by atoms with van der Waals surface area (Å²) in [7, 11) is -15.5. The van der Waals surface area contributed by atoms with Crippen LogP contribution in [0.25, 0.3) is 0 Å². The summed E-state index contributed by atoms with van der Waals surface area (Å²) in [6, 6.07) is 48.4. The first-order chi connectivity index (χ1) is 66.9. The van der Waals surface area contributed by atoms with Crippen molar-refractivity contribution in [3.8, 4) is 23.0 Å². The highest BCUT2D eigenvalue weighted by Gasteiger charge is 2.43. The zero-order chi connectivity index (χ0) is 99.7. The largest absolute Gasteiger partial charge is 0.508 e.